The molecule has 0 aliphatic heterocycles. The van der Waals surface area contributed by atoms with Gasteiger partial charge in [0.25, 0.3) is 0 Å². The van der Waals surface area contributed by atoms with Crippen molar-refractivity contribution in [1.82, 2.24) is 14.5 Å². The van der Waals surface area contributed by atoms with Crippen LogP contribution in [0.5, 0.6) is 0 Å². The van der Waals surface area contributed by atoms with Crippen LogP contribution in [-0.2, 0) is 0 Å². The average Bonchev–Trinajstić information content (AvgIpc) is 3.46. The van der Waals surface area contributed by atoms with E-state index in [9.17, 15) is 0 Å². The van der Waals surface area contributed by atoms with E-state index < -0.39 is 0 Å². The first-order valence-corrected chi connectivity index (χ1v) is 10.6. The fraction of sp³-hybridized carbons (Fsp3) is 0. The summed E-state index contributed by atoms with van der Waals surface area (Å²) >= 11 is 0. The van der Waals surface area contributed by atoms with E-state index in [2.05, 4.69) is 53.1 Å². The molecular weight excluding hydrogens is 394 g/mol. The first kappa shape index (κ1) is 17.3. The summed E-state index contributed by atoms with van der Waals surface area (Å²) in [6.45, 7) is 0. The van der Waals surface area contributed by atoms with Crippen LogP contribution in [0.3, 0.4) is 0 Å². The minimum atomic E-state index is 0.655. The molecule has 0 aliphatic carbocycles. The van der Waals surface area contributed by atoms with Gasteiger partial charge in [-0.3, -0.25) is 4.57 Å². The Kier molecular flexibility index (Phi) is 3.52. The molecule has 4 heteroatoms. The number of furan rings is 1. The lowest BCUT2D eigenvalue weighted by Crippen LogP contribution is -2.03. The Morgan fingerprint density at radius 2 is 1.38 bits per heavy atom. The third kappa shape index (κ3) is 2.38. The van der Waals surface area contributed by atoms with Crippen molar-refractivity contribution in [1.29, 1.82) is 0 Å². The molecule has 0 aliphatic rings. The molecule has 0 N–H and O–H groups in total. The monoisotopic (exact) mass is 411 g/mol. The Bertz CT molecular complexity index is 1780. The number of aromatic nitrogens is 3. The lowest BCUT2D eigenvalue weighted by Gasteiger charge is -2.12. The van der Waals surface area contributed by atoms with Crippen LogP contribution < -0.4 is 0 Å². The van der Waals surface area contributed by atoms with Gasteiger partial charge in [-0.1, -0.05) is 66.7 Å². The maximum atomic E-state index is 5.72. The zero-order valence-corrected chi connectivity index (χ0v) is 17.1. The molecular formula is C28H17N3O. The number of rotatable bonds is 2. The molecule has 150 valence electrons. The maximum Gasteiger partial charge on any atom is 0.235 e. The van der Waals surface area contributed by atoms with Crippen LogP contribution in [0.4, 0.5) is 0 Å². The van der Waals surface area contributed by atoms with E-state index in [1.165, 1.54) is 5.39 Å². The largest absolute Gasteiger partial charge is 0.464 e. The highest BCUT2D eigenvalue weighted by atomic mass is 16.3. The van der Waals surface area contributed by atoms with Crippen molar-refractivity contribution in [2.45, 2.75) is 0 Å². The predicted molar refractivity (Wildman–Crippen MR) is 129 cm³/mol. The number of hydrogen-bond donors (Lipinski definition) is 0. The van der Waals surface area contributed by atoms with Crippen molar-refractivity contribution in [3.05, 3.63) is 103 Å². The quantitative estimate of drug-likeness (QED) is 0.304. The van der Waals surface area contributed by atoms with Crippen LogP contribution in [0.1, 0.15) is 0 Å². The SMILES string of the molecule is c1ccc(-c2nc(-n3c4ccccc4c4ccc5occc5c43)nc3ccccc23)cc1. The van der Waals surface area contributed by atoms with E-state index >= 15 is 0 Å². The van der Waals surface area contributed by atoms with Crippen molar-refractivity contribution < 1.29 is 4.42 Å². The summed E-state index contributed by atoms with van der Waals surface area (Å²) in [7, 11) is 0. The Balaban J connectivity index is 1.67. The summed E-state index contributed by atoms with van der Waals surface area (Å²) in [5, 5.41) is 4.42. The second-order valence-electron chi connectivity index (χ2n) is 7.90. The zero-order chi connectivity index (χ0) is 21.1. The molecule has 4 nitrogen and oxygen atoms in total. The van der Waals surface area contributed by atoms with Crippen molar-refractivity contribution in [3.63, 3.8) is 0 Å². The van der Waals surface area contributed by atoms with Gasteiger partial charge in [-0.25, -0.2) is 9.97 Å². The molecule has 3 aromatic heterocycles. The topological polar surface area (TPSA) is 43.9 Å². The summed E-state index contributed by atoms with van der Waals surface area (Å²) in [6, 6.07) is 33.1. The van der Waals surface area contributed by atoms with Crippen LogP contribution in [0, 0.1) is 0 Å². The van der Waals surface area contributed by atoms with Crippen LogP contribution >= 0.6 is 0 Å². The Hall–Kier alpha value is -4.44. The van der Waals surface area contributed by atoms with Gasteiger partial charge in [0.05, 0.1) is 28.5 Å². The molecule has 7 aromatic rings. The molecule has 0 saturated carbocycles. The molecule has 0 bridgehead atoms. The first-order chi connectivity index (χ1) is 15.9. The molecule has 0 unspecified atom stereocenters. The lowest BCUT2D eigenvalue weighted by atomic mass is 10.1. The molecule has 0 atom stereocenters. The Labute approximate surface area is 183 Å². The van der Waals surface area contributed by atoms with E-state index in [0.29, 0.717) is 5.95 Å². The van der Waals surface area contributed by atoms with E-state index in [4.69, 9.17) is 14.4 Å². The number of benzene rings is 4. The predicted octanol–water partition coefficient (Wildman–Crippen LogP) is 7.14. The highest BCUT2D eigenvalue weighted by molar-refractivity contribution is 6.17. The number of fused-ring (bicyclic) bond motifs is 6. The second kappa shape index (κ2) is 6.53. The van der Waals surface area contributed by atoms with E-state index in [1.807, 2.05) is 48.5 Å². The van der Waals surface area contributed by atoms with Gasteiger partial charge in [-0.15, -0.1) is 0 Å². The molecule has 0 saturated heterocycles. The standard InChI is InChI=1S/C28H17N3O/c1-2-8-18(9-3-1)26-21-11-4-6-12-23(21)29-28(30-26)31-24-13-7-5-10-19(24)20-14-15-25-22(27(20)31)16-17-32-25/h1-17H. The number of para-hydroxylation sites is 2. The van der Waals surface area contributed by atoms with Gasteiger partial charge in [-0.05, 0) is 30.3 Å². The van der Waals surface area contributed by atoms with Crippen molar-refractivity contribution in [3.8, 4) is 17.2 Å². The van der Waals surface area contributed by atoms with Crippen molar-refractivity contribution >= 4 is 43.7 Å². The highest BCUT2D eigenvalue weighted by Crippen LogP contribution is 2.37. The van der Waals surface area contributed by atoms with Gasteiger partial charge in [0.2, 0.25) is 5.95 Å². The minimum Gasteiger partial charge on any atom is -0.464 e. The van der Waals surface area contributed by atoms with Gasteiger partial charge in [0.1, 0.15) is 5.58 Å². The van der Waals surface area contributed by atoms with Gasteiger partial charge in [0, 0.05) is 27.1 Å². The van der Waals surface area contributed by atoms with Crippen molar-refractivity contribution in [2.24, 2.45) is 0 Å². The van der Waals surface area contributed by atoms with Crippen molar-refractivity contribution in [2.75, 3.05) is 0 Å². The zero-order valence-electron chi connectivity index (χ0n) is 17.1. The van der Waals surface area contributed by atoms with Crippen LogP contribution in [0.15, 0.2) is 108 Å². The Morgan fingerprint density at radius 3 is 2.28 bits per heavy atom. The average molecular weight is 411 g/mol. The van der Waals surface area contributed by atoms with Gasteiger partial charge in [-0.2, -0.15) is 0 Å². The lowest BCUT2D eigenvalue weighted by molar-refractivity contribution is 0.616. The second-order valence-corrected chi connectivity index (χ2v) is 7.90. The number of hydrogen-bond acceptors (Lipinski definition) is 3. The third-order valence-corrected chi connectivity index (χ3v) is 6.10. The van der Waals surface area contributed by atoms with Crippen LogP contribution in [0.25, 0.3) is 60.9 Å². The van der Waals surface area contributed by atoms with Gasteiger partial charge >= 0.3 is 0 Å². The summed E-state index contributed by atoms with van der Waals surface area (Å²) in [6.07, 6.45) is 1.74. The van der Waals surface area contributed by atoms with Crippen LogP contribution in [0.2, 0.25) is 0 Å². The molecule has 0 spiro atoms. The summed E-state index contributed by atoms with van der Waals surface area (Å²) in [4.78, 5) is 10.1. The molecule has 32 heavy (non-hydrogen) atoms. The molecule has 7 rings (SSSR count). The van der Waals surface area contributed by atoms with E-state index in [1.54, 1.807) is 6.26 Å². The first-order valence-electron chi connectivity index (χ1n) is 10.6. The molecule has 0 fully saturated rings. The molecule has 4 aromatic carbocycles. The molecule has 3 heterocycles. The summed E-state index contributed by atoms with van der Waals surface area (Å²) in [5.41, 5.74) is 5.91. The fourth-order valence-electron chi connectivity index (χ4n) is 4.69. The normalized spacial score (nSPS) is 11.8. The van der Waals surface area contributed by atoms with Gasteiger partial charge < -0.3 is 4.42 Å². The smallest absolute Gasteiger partial charge is 0.235 e. The minimum absolute atomic E-state index is 0.655. The number of nitrogens with zero attached hydrogens (tertiary/aromatic N) is 3. The molecule has 0 radical (unpaired) electrons. The highest BCUT2D eigenvalue weighted by Gasteiger charge is 2.19. The van der Waals surface area contributed by atoms with E-state index in [0.717, 1.165) is 49.5 Å². The Morgan fingerprint density at radius 1 is 0.594 bits per heavy atom. The maximum absolute atomic E-state index is 5.72. The molecule has 0 amide bonds. The van der Waals surface area contributed by atoms with Crippen LogP contribution in [-0.4, -0.2) is 14.5 Å². The van der Waals surface area contributed by atoms with E-state index in [-0.39, 0.29) is 0 Å². The summed E-state index contributed by atoms with van der Waals surface area (Å²) in [5.74, 6) is 0.655. The third-order valence-electron chi connectivity index (χ3n) is 6.10. The summed E-state index contributed by atoms with van der Waals surface area (Å²) < 4.78 is 7.89. The fourth-order valence-corrected chi connectivity index (χ4v) is 4.69. The van der Waals surface area contributed by atoms with Gasteiger partial charge in [0.15, 0.2) is 0 Å².